The molecule has 0 bridgehead atoms. The van der Waals surface area contributed by atoms with Crippen LogP contribution in [0.3, 0.4) is 0 Å². The van der Waals surface area contributed by atoms with E-state index in [1.165, 1.54) is 6.07 Å². The van der Waals surface area contributed by atoms with Gasteiger partial charge in [-0.1, -0.05) is 54.6 Å². The molecule has 0 aliphatic carbocycles. The lowest BCUT2D eigenvalue weighted by Gasteiger charge is -2.27. The number of rotatable bonds is 11. The third-order valence-corrected chi connectivity index (χ3v) is 7.13. The quantitative estimate of drug-likeness (QED) is 0.282. The zero-order valence-corrected chi connectivity index (χ0v) is 21.9. The van der Waals surface area contributed by atoms with Gasteiger partial charge in [0.25, 0.3) is 5.91 Å². The van der Waals surface area contributed by atoms with Gasteiger partial charge < -0.3 is 27.0 Å². The summed E-state index contributed by atoms with van der Waals surface area (Å²) in [6.07, 6.45) is 3.10. The van der Waals surface area contributed by atoms with E-state index in [1.807, 2.05) is 42.5 Å². The Morgan fingerprint density at radius 3 is 2.49 bits per heavy atom. The highest BCUT2D eigenvalue weighted by molar-refractivity contribution is 6.05. The van der Waals surface area contributed by atoms with E-state index in [0.29, 0.717) is 45.2 Å². The number of nitrogens with zero attached hydrogens (tertiary/aromatic N) is 1. The summed E-state index contributed by atoms with van der Waals surface area (Å²) in [5, 5.41) is 7.67. The standard InChI is InChI=1S/C30H35N5O4/c31-17-6-5-15-25(29(38)33-24-14-4-3-13-23(24)28(32)37)34-30(39)26-16-8-18-35(26)27(36)19-21-11-7-10-20-9-1-2-12-22(20)21/h1-4,7,9-14,25-26H,5-6,8,15-19,31H2,(H2,32,37)(H,33,38)(H,34,39)/t25-,26-/m0/s1. The number of anilines is 1. The van der Waals surface area contributed by atoms with Crippen molar-refractivity contribution in [2.75, 3.05) is 18.4 Å². The smallest absolute Gasteiger partial charge is 0.250 e. The van der Waals surface area contributed by atoms with Crippen molar-refractivity contribution in [2.24, 2.45) is 11.5 Å². The van der Waals surface area contributed by atoms with Gasteiger partial charge in [0, 0.05) is 6.54 Å². The molecule has 0 saturated carbocycles. The number of unbranched alkanes of at least 4 members (excludes halogenated alkanes) is 1. The number of hydrogen-bond donors (Lipinski definition) is 4. The largest absolute Gasteiger partial charge is 0.366 e. The van der Waals surface area contributed by atoms with E-state index in [1.54, 1.807) is 23.1 Å². The van der Waals surface area contributed by atoms with Gasteiger partial charge in [0.15, 0.2) is 0 Å². The van der Waals surface area contributed by atoms with Crippen LogP contribution in [0.5, 0.6) is 0 Å². The van der Waals surface area contributed by atoms with Crippen LogP contribution in [-0.4, -0.2) is 53.7 Å². The highest BCUT2D eigenvalue weighted by Crippen LogP contribution is 2.23. The first-order chi connectivity index (χ1) is 18.9. The third-order valence-electron chi connectivity index (χ3n) is 7.13. The lowest BCUT2D eigenvalue weighted by Crippen LogP contribution is -2.52. The number of benzene rings is 3. The highest BCUT2D eigenvalue weighted by Gasteiger charge is 2.36. The van der Waals surface area contributed by atoms with Crippen molar-refractivity contribution >= 4 is 40.1 Å². The van der Waals surface area contributed by atoms with Crippen LogP contribution >= 0.6 is 0 Å². The molecule has 6 N–H and O–H groups in total. The lowest BCUT2D eigenvalue weighted by atomic mass is 10.0. The zero-order chi connectivity index (χ0) is 27.8. The second-order valence-corrected chi connectivity index (χ2v) is 9.80. The van der Waals surface area contributed by atoms with Gasteiger partial charge in [0.05, 0.1) is 17.7 Å². The predicted molar refractivity (Wildman–Crippen MR) is 151 cm³/mol. The summed E-state index contributed by atoms with van der Waals surface area (Å²) >= 11 is 0. The SMILES string of the molecule is NCCCC[C@H](NC(=O)[C@@H]1CCCN1C(=O)Cc1cccc2ccccc12)C(=O)Nc1ccccc1C(N)=O. The topological polar surface area (TPSA) is 148 Å². The summed E-state index contributed by atoms with van der Waals surface area (Å²) in [5.74, 6) is -1.61. The van der Waals surface area contributed by atoms with E-state index in [2.05, 4.69) is 10.6 Å². The molecular weight excluding hydrogens is 494 g/mol. The van der Waals surface area contributed by atoms with Gasteiger partial charge in [-0.05, 0) is 67.1 Å². The van der Waals surface area contributed by atoms with Crippen molar-refractivity contribution in [3.63, 3.8) is 0 Å². The second kappa shape index (κ2) is 13.0. The minimum atomic E-state index is -0.861. The van der Waals surface area contributed by atoms with Gasteiger partial charge in [-0.25, -0.2) is 0 Å². The zero-order valence-electron chi connectivity index (χ0n) is 21.9. The monoisotopic (exact) mass is 529 g/mol. The number of hydrogen-bond acceptors (Lipinski definition) is 5. The summed E-state index contributed by atoms with van der Waals surface area (Å²) in [7, 11) is 0. The summed E-state index contributed by atoms with van der Waals surface area (Å²) in [6, 6.07) is 18.7. The van der Waals surface area contributed by atoms with Crippen molar-refractivity contribution in [3.8, 4) is 0 Å². The second-order valence-electron chi connectivity index (χ2n) is 9.80. The van der Waals surface area contributed by atoms with Gasteiger partial charge in [0.2, 0.25) is 17.7 Å². The molecule has 0 aromatic heterocycles. The molecule has 0 unspecified atom stereocenters. The van der Waals surface area contributed by atoms with Crippen molar-refractivity contribution < 1.29 is 19.2 Å². The number of carbonyl (C=O) groups excluding carboxylic acids is 4. The summed E-state index contributed by atoms with van der Waals surface area (Å²) in [4.78, 5) is 53.4. The molecule has 1 heterocycles. The van der Waals surface area contributed by atoms with E-state index in [-0.39, 0.29) is 29.5 Å². The van der Waals surface area contributed by atoms with E-state index >= 15 is 0 Å². The fourth-order valence-electron chi connectivity index (χ4n) is 5.11. The maximum Gasteiger partial charge on any atom is 0.250 e. The molecule has 204 valence electrons. The molecule has 39 heavy (non-hydrogen) atoms. The van der Waals surface area contributed by atoms with Crippen LogP contribution in [0.2, 0.25) is 0 Å². The number of amides is 4. The van der Waals surface area contributed by atoms with Gasteiger partial charge in [-0.3, -0.25) is 19.2 Å². The first-order valence-corrected chi connectivity index (χ1v) is 13.3. The normalized spacial score (nSPS) is 15.6. The Bertz CT molecular complexity index is 1350. The number of nitrogens with two attached hydrogens (primary N) is 2. The number of nitrogens with one attached hydrogen (secondary N) is 2. The number of carbonyl (C=O) groups is 4. The molecule has 1 aliphatic rings. The van der Waals surface area contributed by atoms with Crippen LogP contribution in [0.15, 0.2) is 66.7 Å². The lowest BCUT2D eigenvalue weighted by molar-refractivity contribution is -0.138. The molecule has 9 nitrogen and oxygen atoms in total. The molecule has 2 atom stereocenters. The van der Waals surface area contributed by atoms with Crippen molar-refractivity contribution in [1.82, 2.24) is 10.2 Å². The average Bonchev–Trinajstić information content (AvgIpc) is 3.43. The fourth-order valence-corrected chi connectivity index (χ4v) is 5.11. The number of fused-ring (bicyclic) bond motifs is 1. The Morgan fingerprint density at radius 1 is 0.949 bits per heavy atom. The van der Waals surface area contributed by atoms with Crippen LogP contribution in [0, 0.1) is 0 Å². The van der Waals surface area contributed by atoms with Crippen molar-refractivity contribution in [2.45, 2.75) is 50.6 Å². The molecule has 0 radical (unpaired) electrons. The van der Waals surface area contributed by atoms with E-state index < -0.39 is 23.9 Å². The Hall–Kier alpha value is -4.24. The predicted octanol–water partition coefficient (Wildman–Crippen LogP) is 2.72. The molecule has 3 aromatic rings. The Kier molecular flexibility index (Phi) is 9.27. The fraction of sp³-hybridized carbons (Fsp3) is 0.333. The minimum absolute atomic E-state index is 0.122. The van der Waals surface area contributed by atoms with Gasteiger partial charge in [-0.15, -0.1) is 0 Å². The molecule has 1 aliphatic heterocycles. The van der Waals surface area contributed by atoms with Gasteiger partial charge >= 0.3 is 0 Å². The summed E-state index contributed by atoms with van der Waals surface area (Å²) < 4.78 is 0. The molecule has 0 spiro atoms. The molecule has 9 heteroatoms. The van der Waals surface area contributed by atoms with Crippen LogP contribution in [0.1, 0.15) is 48.0 Å². The number of para-hydroxylation sites is 1. The van der Waals surface area contributed by atoms with Crippen LogP contribution in [-0.2, 0) is 20.8 Å². The van der Waals surface area contributed by atoms with Crippen molar-refractivity contribution in [1.29, 1.82) is 0 Å². The number of likely N-dealkylation sites (tertiary alicyclic amines) is 1. The van der Waals surface area contributed by atoms with Crippen LogP contribution < -0.4 is 22.1 Å². The maximum atomic E-state index is 13.4. The van der Waals surface area contributed by atoms with E-state index in [9.17, 15) is 19.2 Å². The molecule has 4 amide bonds. The molecule has 1 fully saturated rings. The highest BCUT2D eigenvalue weighted by atomic mass is 16.2. The Morgan fingerprint density at radius 2 is 1.69 bits per heavy atom. The molecular formula is C30H35N5O4. The third kappa shape index (κ3) is 6.80. The number of primary amides is 1. The van der Waals surface area contributed by atoms with Crippen LogP contribution in [0.4, 0.5) is 5.69 Å². The minimum Gasteiger partial charge on any atom is -0.366 e. The summed E-state index contributed by atoms with van der Waals surface area (Å²) in [6.45, 7) is 0.948. The summed E-state index contributed by atoms with van der Waals surface area (Å²) in [5.41, 5.74) is 12.5. The Balaban J connectivity index is 1.46. The van der Waals surface area contributed by atoms with E-state index in [4.69, 9.17) is 11.5 Å². The maximum absolute atomic E-state index is 13.4. The average molecular weight is 530 g/mol. The molecule has 3 aromatic carbocycles. The van der Waals surface area contributed by atoms with E-state index in [0.717, 1.165) is 16.3 Å². The molecule has 1 saturated heterocycles. The Labute approximate surface area is 227 Å². The van der Waals surface area contributed by atoms with Crippen molar-refractivity contribution in [3.05, 3.63) is 77.9 Å². The molecule has 4 rings (SSSR count). The van der Waals surface area contributed by atoms with Gasteiger partial charge in [-0.2, -0.15) is 0 Å². The first-order valence-electron chi connectivity index (χ1n) is 13.3. The van der Waals surface area contributed by atoms with Crippen LogP contribution in [0.25, 0.3) is 10.8 Å². The van der Waals surface area contributed by atoms with Gasteiger partial charge in [0.1, 0.15) is 12.1 Å². The first kappa shape index (κ1) is 27.8.